The molecule has 1 aromatic heterocycles. The van der Waals surface area contributed by atoms with Crippen LogP contribution in [0.5, 0.6) is 11.6 Å². The number of aryl methyl sites for hydroxylation is 1. The highest BCUT2D eigenvalue weighted by atomic mass is 19.1. The van der Waals surface area contributed by atoms with Crippen molar-refractivity contribution < 1.29 is 9.13 Å². The molecule has 0 aliphatic heterocycles. The zero-order valence-corrected chi connectivity index (χ0v) is 11.1. The number of hydrogen-bond acceptors (Lipinski definition) is 5. The molecule has 6 heteroatoms. The van der Waals surface area contributed by atoms with E-state index in [-0.39, 0.29) is 17.2 Å². The number of rotatable bonds is 4. The van der Waals surface area contributed by atoms with Crippen LogP contribution in [0, 0.1) is 24.1 Å². The predicted octanol–water partition coefficient (Wildman–Crippen LogP) is 3.02. The first-order valence-electron chi connectivity index (χ1n) is 6.09. The second-order valence-corrected chi connectivity index (χ2v) is 4.06. The van der Waals surface area contributed by atoms with Crippen molar-refractivity contribution in [2.75, 3.05) is 11.9 Å². The minimum Gasteiger partial charge on any atom is -0.436 e. The summed E-state index contributed by atoms with van der Waals surface area (Å²) in [6.45, 7) is 4.39. The lowest BCUT2D eigenvalue weighted by Crippen LogP contribution is -2.04. The molecule has 0 saturated carbocycles. The summed E-state index contributed by atoms with van der Waals surface area (Å²) in [7, 11) is 0. The standard InChI is InChI=1S/C14H13FN4O/c1-3-17-14-18-9(2)6-13(19-14)20-12-5-4-10(8-16)7-11(12)15/h4-7H,3H2,1-2H3,(H,17,18,19). The van der Waals surface area contributed by atoms with E-state index in [9.17, 15) is 4.39 Å². The Hall–Kier alpha value is -2.68. The fraction of sp³-hybridized carbons (Fsp3) is 0.214. The van der Waals surface area contributed by atoms with Crippen molar-refractivity contribution >= 4 is 5.95 Å². The molecule has 0 bridgehead atoms. The molecule has 0 atom stereocenters. The number of nitrogens with zero attached hydrogens (tertiary/aromatic N) is 3. The Kier molecular flexibility index (Phi) is 4.11. The second-order valence-electron chi connectivity index (χ2n) is 4.06. The smallest absolute Gasteiger partial charge is 0.226 e. The summed E-state index contributed by atoms with van der Waals surface area (Å²) in [5.41, 5.74) is 0.946. The van der Waals surface area contributed by atoms with Crippen LogP contribution < -0.4 is 10.1 Å². The molecule has 1 heterocycles. The molecule has 0 spiro atoms. The van der Waals surface area contributed by atoms with Crippen LogP contribution in [0.3, 0.4) is 0 Å². The van der Waals surface area contributed by atoms with Crippen molar-refractivity contribution in [3.05, 3.63) is 41.3 Å². The summed E-state index contributed by atoms with van der Waals surface area (Å²) in [6, 6.07) is 7.48. The van der Waals surface area contributed by atoms with E-state index in [4.69, 9.17) is 10.00 Å². The van der Waals surface area contributed by atoms with Crippen LogP contribution in [0.15, 0.2) is 24.3 Å². The number of aromatic nitrogens is 2. The summed E-state index contributed by atoms with van der Waals surface area (Å²) in [4.78, 5) is 8.30. The molecule has 102 valence electrons. The van der Waals surface area contributed by atoms with Gasteiger partial charge in [-0.2, -0.15) is 10.2 Å². The van der Waals surface area contributed by atoms with Gasteiger partial charge in [0, 0.05) is 18.3 Å². The first-order chi connectivity index (χ1) is 9.62. The molecule has 1 N–H and O–H groups in total. The molecule has 2 rings (SSSR count). The van der Waals surface area contributed by atoms with Crippen LogP contribution in [0.25, 0.3) is 0 Å². The fourth-order valence-corrected chi connectivity index (χ4v) is 1.59. The lowest BCUT2D eigenvalue weighted by atomic mass is 10.2. The summed E-state index contributed by atoms with van der Waals surface area (Å²) >= 11 is 0. The van der Waals surface area contributed by atoms with E-state index in [2.05, 4.69) is 15.3 Å². The van der Waals surface area contributed by atoms with Gasteiger partial charge in [0.05, 0.1) is 11.6 Å². The Labute approximate surface area is 116 Å². The Morgan fingerprint density at radius 3 is 2.80 bits per heavy atom. The van der Waals surface area contributed by atoms with Gasteiger partial charge in [-0.15, -0.1) is 0 Å². The molecular weight excluding hydrogens is 259 g/mol. The van der Waals surface area contributed by atoms with Crippen molar-refractivity contribution in [2.45, 2.75) is 13.8 Å². The number of nitrogens with one attached hydrogen (secondary N) is 1. The van der Waals surface area contributed by atoms with Crippen molar-refractivity contribution in [2.24, 2.45) is 0 Å². The average Bonchev–Trinajstić information content (AvgIpc) is 2.41. The van der Waals surface area contributed by atoms with E-state index in [1.54, 1.807) is 13.0 Å². The highest BCUT2D eigenvalue weighted by Gasteiger charge is 2.09. The first kappa shape index (κ1) is 13.7. The van der Waals surface area contributed by atoms with Crippen molar-refractivity contribution in [1.82, 2.24) is 9.97 Å². The lowest BCUT2D eigenvalue weighted by Gasteiger charge is -2.08. The summed E-state index contributed by atoms with van der Waals surface area (Å²) < 4.78 is 19.1. The minimum atomic E-state index is -0.606. The van der Waals surface area contributed by atoms with E-state index in [1.165, 1.54) is 12.1 Å². The summed E-state index contributed by atoms with van der Waals surface area (Å²) in [6.07, 6.45) is 0. The van der Waals surface area contributed by atoms with Crippen LogP contribution >= 0.6 is 0 Å². The molecule has 0 aliphatic carbocycles. The number of ether oxygens (including phenoxy) is 1. The molecule has 0 amide bonds. The molecule has 0 aliphatic rings. The molecule has 20 heavy (non-hydrogen) atoms. The highest BCUT2D eigenvalue weighted by Crippen LogP contribution is 2.24. The number of benzene rings is 1. The molecule has 5 nitrogen and oxygen atoms in total. The Balaban J connectivity index is 2.28. The van der Waals surface area contributed by atoms with Crippen molar-refractivity contribution in [3.8, 4) is 17.7 Å². The van der Waals surface area contributed by atoms with Crippen LogP contribution in [0.4, 0.5) is 10.3 Å². The van der Waals surface area contributed by atoms with Gasteiger partial charge in [-0.1, -0.05) is 0 Å². The fourth-order valence-electron chi connectivity index (χ4n) is 1.59. The molecule has 0 saturated heterocycles. The first-order valence-corrected chi connectivity index (χ1v) is 6.09. The zero-order chi connectivity index (χ0) is 14.5. The van der Waals surface area contributed by atoms with Gasteiger partial charge < -0.3 is 10.1 Å². The van der Waals surface area contributed by atoms with E-state index in [1.807, 2.05) is 13.0 Å². The van der Waals surface area contributed by atoms with E-state index < -0.39 is 5.82 Å². The van der Waals surface area contributed by atoms with Gasteiger partial charge in [0.1, 0.15) is 0 Å². The van der Waals surface area contributed by atoms with Crippen molar-refractivity contribution in [1.29, 1.82) is 5.26 Å². The van der Waals surface area contributed by atoms with Crippen LogP contribution in [0.2, 0.25) is 0 Å². The maximum atomic E-state index is 13.7. The molecular formula is C14H13FN4O. The SMILES string of the molecule is CCNc1nc(C)cc(Oc2ccc(C#N)cc2F)n1. The van der Waals surface area contributed by atoms with E-state index in [0.717, 1.165) is 6.07 Å². The van der Waals surface area contributed by atoms with Gasteiger partial charge in [0.15, 0.2) is 11.6 Å². The normalized spacial score (nSPS) is 9.90. The van der Waals surface area contributed by atoms with Crippen LogP contribution in [0.1, 0.15) is 18.2 Å². The Morgan fingerprint density at radius 2 is 2.15 bits per heavy atom. The maximum Gasteiger partial charge on any atom is 0.226 e. The molecule has 0 radical (unpaired) electrons. The van der Waals surface area contributed by atoms with Crippen LogP contribution in [-0.4, -0.2) is 16.5 Å². The predicted molar refractivity (Wildman–Crippen MR) is 72.1 cm³/mol. The Morgan fingerprint density at radius 1 is 1.35 bits per heavy atom. The highest BCUT2D eigenvalue weighted by molar-refractivity contribution is 5.38. The van der Waals surface area contributed by atoms with Gasteiger partial charge in [-0.05, 0) is 32.0 Å². The lowest BCUT2D eigenvalue weighted by molar-refractivity contribution is 0.426. The van der Waals surface area contributed by atoms with E-state index in [0.29, 0.717) is 18.2 Å². The number of anilines is 1. The van der Waals surface area contributed by atoms with E-state index >= 15 is 0 Å². The number of nitriles is 1. The monoisotopic (exact) mass is 272 g/mol. The largest absolute Gasteiger partial charge is 0.436 e. The third kappa shape index (κ3) is 3.20. The molecule has 2 aromatic rings. The second kappa shape index (κ2) is 5.97. The number of halogens is 1. The van der Waals surface area contributed by atoms with Gasteiger partial charge in [-0.3, -0.25) is 0 Å². The topological polar surface area (TPSA) is 70.8 Å². The zero-order valence-electron chi connectivity index (χ0n) is 11.1. The quantitative estimate of drug-likeness (QED) is 0.926. The Bertz CT molecular complexity index is 667. The minimum absolute atomic E-state index is 0.0181. The summed E-state index contributed by atoms with van der Waals surface area (Å²) in [5.74, 6) is 0.0866. The number of hydrogen-bond donors (Lipinski definition) is 1. The third-order valence-corrected chi connectivity index (χ3v) is 2.44. The molecule has 1 aromatic carbocycles. The van der Waals surface area contributed by atoms with Gasteiger partial charge in [-0.25, -0.2) is 9.37 Å². The molecule has 0 fully saturated rings. The third-order valence-electron chi connectivity index (χ3n) is 2.44. The average molecular weight is 272 g/mol. The summed E-state index contributed by atoms with van der Waals surface area (Å²) in [5, 5.41) is 11.7. The van der Waals surface area contributed by atoms with Gasteiger partial charge in [0.25, 0.3) is 0 Å². The van der Waals surface area contributed by atoms with Gasteiger partial charge in [0.2, 0.25) is 11.8 Å². The van der Waals surface area contributed by atoms with Gasteiger partial charge >= 0.3 is 0 Å². The van der Waals surface area contributed by atoms with Crippen LogP contribution in [-0.2, 0) is 0 Å². The van der Waals surface area contributed by atoms with Crippen molar-refractivity contribution in [3.63, 3.8) is 0 Å². The molecule has 0 unspecified atom stereocenters. The maximum absolute atomic E-state index is 13.7.